The van der Waals surface area contributed by atoms with Crippen molar-refractivity contribution in [2.24, 2.45) is 17.8 Å². The quantitative estimate of drug-likeness (QED) is 0.572. The molecule has 0 saturated heterocycles. The maximum absolute atomic E-state index is 11.6. The van der Waals surface area contributed by atoms with Crippen molar-refractivity contribution in [3.05, 3.63) is 0 Å². The summed E-state index contributed by atoms with van der Waals surface area (Å²) in [5.41, 5.74) is 0. The van der Waals surface area contributed by atoms with Gasteiger partial charge in [-0.3, -0.25) is 4.79 Å². The summed E-state index contributed by atoms with van der Waals surface area (Å²) in [6, 6.07) is 0. The van der Waals surface area contributed by atoms with Crippen molar-refractivity contribution in [2.45, 2.75) is 46.1 Å². The second-order valence-corrected chi connectivity index (χ2v) is 5.99. The number of hydrogen-bond acceptors (Lipinski definition) is 4. The Kier molecular flexibility index (Phi) is 5.84. The van der Waals surface area contributed by atoms with Crippen molar-refractivity contribution in [2.75, 3.05) is 5.75 Å². The van der Waals surface area contributed by atoms with Crippen LogP contribution in [0.5, 0.6) is 0 Å². The van der Waals surface area contributed by atoms with Gasteiger partial charge >= 0.3 is 5.97 Å². The van der Waals surface area contributed by atoms with Gasteiger partial charge in [0, 0.05) is 0 Å². The largest absolute Gasteiger partial charge is 0.461 e. The van der Waals surface area contributed by atoms with E-state index in [4.69, 9.17) is 10.00 Å². The Morgan fingerprint density at radius 2 is 2.24 bits per heavy atom. The Morgan fingerprint density at radius 3 is 2.82 bits per heavy atom. The summed E-state index contributed by atoms with van der Waals surface area (Å²) >= 11 is 0.946. The minimum Gasteiger partial charge on any atom is -0.461 e. The van der Waals surface area contributed by atoms with Crippen molar-refractivity contribution in [3.63, 3.8) is 0 Å². The summed E-state index contributed by atoms with van der Waals surface area (Å²) in [6.45, 7) is 6.58. The fourth-order valence-corrected chi connectivity index (χ4v) is 2.79. The van der Waals surface area contributed by atoms with Crippen LogP contribution in [0.15, 0.2) is 0 Å². The van der Waals surface area contributed by atoms with Crippen LogP contribution >= 0.6 is 11.8 Å². The van der Waals surface area contributed by atoms with Gasteiger partial charge in [0.2, 0.25) is 0 Å². The average Bonchev–Trinajstić information content (AvgIpc) is 2.26. The number of thiocyanates is 1. The third kappa shape index (κ3) is 4.59. The number of esters is 1. The first kappa shape index (κ1) is 14.4. The number of carbonyl (C=O) groups excluding carboxylic acids is 1. The molecule has 1 rings (SSSR count). The lowest BCUT2D eigenvalue weighted by Gasteiger charge is -2.36. The number of rotatable bonds is 4. The van der Waals surface area contributed by atoms with Crippen LogP contribution in [0.3, 0.4) is 0 Å². The summed E-state index contributed by atoms with van der Waals surface area (Å²) in [4.78, 5) is 11.6. The van der Waals surface area contributed by atoms with Crippen LogP contribution in [-0.2, 0) is 9.53 Å². The van der Waals surface area contributed by atoms with E-state index >= 15 is 0 Å². The van der Waals surface area contributed by atoms with Gasteiger partial charge in [-0.25, -0.2) is 0 Å². The molecule has 0 aromatic rings. The number of nitrogens with zero attached hydrogens (tertiary/aromatic N) is 1. The van der Waals surface area contributed by atoms with Crippen LogP contribution in [0.1, 0.15) is 40.0 Å². The Hall–Kier alpha value is -0.690. The monoisotopic (exact) mass is 255 g/mol. The van der Waals surface area contributed by atoms with E-state index in [1.165, 1.54) is 6.42 Å². The molecule has 3 nitrogen and oxygen atoms in total. The fourth-order valence-electron chi connectivity index (χ4n) is 2.54. The zero-order valence-electron chi connectivity index (χ0n) is 10.8. The topological polar surface area (TPSA) is 50.1 Å². The second kappa shape index (κ2) is 6.90. The normalized spacial score (nSPS) is 28.8. The molecule has 0 spiro atoms. The molecule has 1 fully saturated rings. The van der Waals surface area contributed by atoms with Crippen LogP contribution in [0.25, 0.3) is 0 Å². The minimum absolute atomic E-state index is 0.0468. The molecular formula is C13H21NO2S. The maximum Gasteiger partial charge on any atom is 0.317 e. The van der Waals surface area contributed by atoms with Crippen LogP contribution in [0.4, 0.5) is 0 Å². The Bertz CT molecular complexity index is 298. The second-order valence-electron chi connectivity index (χ2n) is 5.23. The molecule has 1 aliphatic carbocycles. The third-order valence-electron chi connectivity index (χ3n) is 3.50. The zero-order chi connectivity index (χ0) is 12.8. The van der Waals surface area contributed by atoms with E-state index in [1.54, 1.807) is 0 Å². The number of thioether (sulfide) groups is 1. The number of carbonyl (C=O) groups is 1. The lowest BCUT2D eigenvalue weighted by Crippen LogP contribution is -2.36. The number of hydrogen-bond donors (Lipinski definition) is 0. The van der Waals surface area contributed by atoms with E-state index in [-0.39, 0.29) is 17.8 Å². The Balaban J connectivity index is 2.52. The first-order valence-corrected chi connectivity index (χ1v) is 7.23. The number of nitriles is 1. The smallest absolute Gasteiger partial charge is 0.317 e. The molecule has 3 atom stereocenters. The highest BCUT2D eigenvalue weighted by Crippen LogP contribution is 2.35. The van der Waals surface area contributed by atoms with Gasteiger partial charge in [-0.15, -0.1) is 0 Å². The van der Waals surface area contributed by atoms with Crippen molar-refractivity contribution in [3.8, 4) is 5.40 Å². The van der Waals surface area contributed by atoms with Crippen molar-refractivity contribution in [1.29, 1.82) is 5.26 Å². The molecule has 1 saturated carbocycles. The predicted molar refractivity (Wildman–Crippen MR) is 69.3 cm³/mol. The molecular weight excluding hydrogens is 234 g/mol. The van der Waals surface area contributed by atoms with Crippen molar-refractivity contribution < 1.29 is 9.53 Å². The van der Waals surface area contributed by atoms with E-state index in [0.717, 1.165) is 24.6 Å². The van der Waals surface area contributed by atoms with Crippen LogP contribution < -0.4 is 0 Å². The summed E-state index contributed by atoms with van der Waals surface area (Å²) in [6.07, 6.45) is 3.38. The predicted octanol–water partition coefficient (Wildman–Crippen LogP) is 3.20. The molecule has 0 radical (unpaired) electrons. The molecule has 0 aromatic carbocycles. The van der Waals surface area contributed by atoms with Crippen molar-refractivity contribution >= 4 is 17.7 Å². The molecule has 96 valence electrons. The van der Waals surface area contributed by atoms with Gasteiger partial charge in [0.25, 0.3) is 0 Å². The van der Waals surface area contributed by atoms with E-state index in [0.29, 0.717) is 17.8 Å². The SMILES string of the molecule is CC(C)[C@H]1CC[C@@H](C)C[C@H]1OC(=O)CSC#N. The maximum atomic E-state index is 11.6. The highest BCUT2D eigenvalue weighted by molar-refractivity contribution is 8.04. The highest BCUT2D eigenvalue weighted by atomic mass is 32.2. The molecule has 0 bridgehead atoms. The fraction of sp³-hybridized carbons (Fsp3) is 0.846. The van der Waals surface area contributed by atoms with Gasteiger partial charge < -0.3 is 4.74 Å². The first-order valence-electron chi connectivity index (χ1n) is 6.25. The first-order chi connectivity index (χ1) is 8.04. The molecule has 4 heteroatoms. The standard InChI is InChI=1S/C13H21NO2S/c1-9(2)11-5-4-10(3)6-12(11)16-13(15)7-17-8-14/h9-12H,4-7H2,1-3H3/t10-,11-,12-/m1/s1. The van der Waals surface area contributed by atoms with Gasteiger partial charge in [-0.05, 0) is 42.4 Å². The average molecular weight is 255 g/mol. The summed E-state index contributed by atoms with van der Waals surface area (Å²) in [5.74, 6) is 1.55. The van der Waals surface area contributed by atoms with Gasteiger partial charge in [-0.2, -0.15) is 5.26 Å². The van der Waals surface area contributed by atoms with Gasteiger partial charge in [0.05, 0.1) is 0 Å². The van der Waals surface area contributed by atoms with E-state index in [2.05, 4.69) is 20.8 Å². The third-order valence-corrected chi connectivity index (χ3v) is 4.01. The van der Waals surface area contributed by atoms with Crippen LogP contribution in [0, 0.1) is 28.4 Å². The van der Waals surface area contributed by atoms with Crippen LogP contribution in [0.2, 0.25) is 0 Å². The lowest BCUT2D eigenvalue weighted by atomic mass is 9.75. The van der Waals surface area contributed by atoms with Crippen molar-refractivity contribution in [1.82, 2.24) is 0 Å². The Morgan fingerprint density at radius 1 is 1.53 bits per heavy atom. The van der Waals surface area contributed by atoms with E-state index < -0.39 is 0 Å². The van der Waals surface area contributed by atoms with E-state index in [1.807, 2.05) is 5.40 Å². The van der Waals surface area contributed by atoms with Gasteiger partial charge in [0.15, 0.2) is 0 Å². The summed E-state index contributed by atoms with van der Waals surface area (Å²) < 4.78 is 5.53. The molecule has 1 aliphatic rings. The zero-order valence-corrected chi connectivity index (χ0v) is 11.6. The lowest BCUT2D eigenvalue weighted by molar-refractivity contribution is -0.152. The van der Waals surface area contributed by atoms with Gasteiger partial charge in [0.1, 0.15) is 17.3 Å². The molecule has 0 amide bonds. The molecule has 17 heavy (non-hydrogen) atoms. The summed E-state index contributed by atoms with van der Waals surface area (Å²) in [7, 11) is 0. The molecule has 0 aromatic heterocycles. The molecule has 0 unspecified atom stereocenters. The molecule has 0 N–H and O–H groups in total. The molecule has 0 heterocycles. The van der Waals surface area contributed by atoms with Crippen LogP contribution in [-0.4, -0.2) is 17.8 Å². The van der Waals surface area contributed by atoms with E-state index in [9.17, 15) is 4.79 Å². The highest BCUT2D eigenvalue weighted by Gasteiger charge is 2.33. The van der Waals surface area contributed by atoms with Gasteiger partial charge in [-0.1, -0.05) is 27.2 Å². The number of ether oxygens (including phenoxy) is 1. The summed E-state index contributed by atoms with van der Waals surface area (Å²) in [5, 5.41) is 10.3. The molecule has 0 aliphatic heterocycles. The Labute approximate surface area is 108 Å². The minimum atomic E-state index is -0.249.